The van der Waals surface area contributed by atoms with Crippen LogP contribution in [0.2, 0.25) is 0 Å². The number of nitrogens with one attached hydrogen (secondary N) is 2. The molecule has 2 aromatic carbocycles. The molecule has 1 aliphatic heterocycles. The number of rotatable bonds is 4. The lowest BCUT2D eigenvalue weighted by molar-refractivity contribution is -0.118. The lowest BCUT2D eigenvalue weighted by Gasteiger charge is -2.23. The molecule has 2 aliphatic rings. The highest BCUT2D eigenvalue weighted by Gasteiger charge is 2.57. The molecule has 3 nitrogen and oxygen atoms in total. The Kier molecular flexibility index (Phi) is 4.57. The smallest absolute Gasteiger partial charge is 0.228 e. The van der Waals surface area contributed by atoms with E-state index in [-0.39, 0.29) is 17.2 Å². The molecular weight excluding hydrogens is 328 g/mol. The lowest BCUT2D eigenvalue weighted by Crippen LogP contribution is -2.31. The summed E-state index contributed by atoms with van der Waals surface area (Å²) in [4.78, 5) is 15.1. The van der Waals surface area contributed by atoms with Crippen molar-refractivity contribution in [2.24, 2.45) is 11.3 Å². The molecule has 1 unspecified atom stereocenters. The third-order valence-electron chi connectivity index (χ3n) is 5.54. The van der Waals surface area contributed by atoms with Gasteiger partial charge in [0.05, 0.1) is 0 Å². The quantitative estimate of drug-likeness (QED) is 0.853. The summed E-state index contributed by atoms with van der Waals surface area (Å²) in [7, 11) is 0. The van der Waals surface area contributed by atoms with E-state index in [1.54, 1.807) is 11.8 Å². The first-order chi connectivity index (χ1) is 12.2. The van der Waals surface area contributed by atoms with Crippen molar-refractivity contribution in [1.29, 1.82) is 0 Å². The predicted molar refractivity (Wildman–Crippen MR) is 103 cm³/mol. The Morgan fingerprint density at radius 3 is 2.60 bits per heavy atom. The third kappa shape index (κ3) is 3.60. The molecule has 1 heterocycles. The van der Waals surface area contributed by atoms with Gasteiger partial charge in [0.1, 0.15) is 0 Å². The first-order valence-corrected chi connectivity index (χ1v) is 9.83. The Morgan fingerprint density at radius 1 is 1.12 bits per heavy atom. The van der Waals surface area contributed by atoms with Crippen LogP contribution in [0.25, 0.3) is 0 Å². The minimum absolute atomic E-state index is 0.201. The molecule has 0 bridgehead atoms. The maximum atomic E-state index is 12.6. The molecule has 0 radical (unpaired) electrons. The number of carbonyl (C=O) groups is 1. The van der Waals surface area contributed by atoms with Gasteiger partial charge in [-0.1, -0.05) is 30.0 Å². The van der Waals surface area contributed by atoms with Crippen molar-refractivity contribution in [3.05, 3.63) is 54.1 Å². The molecule has 1 saturated carbocycles. The van der Waals surface area contributed by atoms with Gasteiger partial charge in [0.15, 0.2) is 0 Å². The van der Waals surface area contributed by atoms with Gasteiger partial charge in [0, 0.05) is 21.4 Å². The van der Waals surface area contributed by atoms with Gasteiger partial charge in [0.25, 0.3) is 0 Å². The lowest BCUT2D eigenvalue weighted by atomic mass is 9.91. The average molecular weight is 353 g/mol. The number of carbonyl (C=O) groups excluding carboxylic acids is 1. The summed E-state index contributed by atoms with van der Waals surface area (Å²) in [5.41, 5.74) is 2.35. The van der Waals surface area contributed by atoms with Crippen LogP contribution >= 0.6 is 11.8 Å². The van der Waals surface area contributed by atoms with Crippen LogP contribution in [-0.4, -0.2) is 19.0 Å². The fourth-order valence-electron chi connectivity index (χ4n) is 3.88. The zero-order valence-electron chi connectivity index (χ0n) is 14.5. The van der Waals surface area contributed by atoms with Gasteiger partial charge >= 0.3 is 0 Å². The van der Waals surface area contributed by atoms with Crippen LogP contribution in [0, 0.1) is 18.3 Å². The van der Waals surface area contributed by atoms with Crippen molar-refractivity contribution in [2.75, 3.05) is 18.4 Å². The Morgan fingerprint density at radius 2 is 1.88 bits per heavy atom. The fraction of sp³-hybridized carbons (Fsp3) is 0.381. The van der Waals surface area contributed by atoms with Crippen LogP contribution in [0.4, 0.5) is 5.69 Å². The van der Waals surface area contributed by atoms with E-state index in [1.807, 2.05) is 12.1 Å². The molecule has 2 fully saturated rings. The molecule has 1 aliphatic carbocycles. The average Bonchev–Trinajstić information content (AvgIpc) is 3.32. The highest BCUT2D eigenvalue weighted by Crippen LogP contribution is 2.58. The van der Waals surface area contributed by atoms with Crippen molar-refractivity contribution < 1.29 is 4.79 Å². The molecule has 0 aromatic heterocycles. The van der Waals surface area contributed by atoms with E-state index in [9.17, 15) is 4.79 Å². The number of benzene rings is 2. The molecule has 4 rings (SSSR count). The van der Waals surface area contributed by atoms with Crippen LogP contribution in [0.15, 0.2) is 58.3 Å². The molecule has 130 valence electrons. The molecule has 2 N–H and O–H groups in total. The summed E-state index contributed by atoms with van der Waals surface area (Å²) in [6, 6.07) is 16.6. The van der Waals surface area contributed by atoms with Crippen molar-refractivity contribution in [2.45, 2.75) is 36.0 Å². The molecule has 1 amide bonds. The second-order valence-corrected chi connectivity index (χ2v) is 8.40. The van der Waals surface area contributed by atoms with E-state index in [1.165, 1.54) is 9.79 Å². The first-order valence-electron chi connectivity index (χ1n) is 9.01. The third-order valence-corrected chi connectivity index (χ3v) is 6.54. The Hall–Kier alpha value is -1.78. The minimum Gasteiger partial charge on any atom is -0.326 e. The standard InChI is InChI=1S/C21H24N2OS/c1-15-13-17(25-16-5-3-2-4-6-16)7-8-19(15)23-20(24)18-14-21(18)9-11-22-12-10-21/h2-8,13,18,22H,9-12,14H2,1H3,(H,23,24). The second kappa shape index (κ2) is 6.85. The molecule has 1 atom stereocenters. The van der Waals surface area contributed by atoms with Gasteiger partial charge in [0.2, 0.25) is 5.91 Å². The largest absolute Gasteiger partial charge is 0.326 e. The van der Waals surface area contributed by atoms with Crippen LogP contribution < -0.4 is 10.6 Å². The topological polar surface area (TPSA) is 41.1 Å². The summed E-state index contributed by atoms with van der Waals surface area (Å²) < 4.78 is 0. The summed E-state index contributed by atoms with van der Waals surface area (Å²) in [6.45, 7) is 4.17. The maximum absolute atomic E-state index is 12.6. The van der Waals surface area contributed by atoms with E-state index in [2.05, 4.69) is 54.0 Å². The number of anilines is 1. The molecular formula is C21H24N2OS. The molecule has 2 aromatic rings. The zero-order chi connectivity index (χ0) is 17.3. The number of hydrogen-bond acceptors (Lipinski definition) is 3. The monoisotopic (exact) mass is 352 g/mol. The number of hydrogen-bond donors (Lipinski definition) is 2. The highest BCUT2D eigenvalue weighted by molar-refractivity contribution is 7.99. The number of amides is 1. The van der Waals surface area contributed by atoms with Crippen LogP contribution in [0.5, 0.6) is 0 Å². The SMILES string of the molecule is Cc1cc(Sc2ccccc2)ccc1NC(=O)C1CC12CCNCC2. The van der Waals surface area contributed by atoms with E-state index in [0.717, 1.165) is 43.6 Å². The summed E-state index contributed by atoms with van der Waals surface area (Å²) in [5.74, 6) is 0.404. The van der Waals surface area contributed by atoms with Crippen molar-refractivity contribution in [3.63, 3.8) is 0 Å². The van der Waals surface area contributed by atoms with Crippen LogP contribution in [0.1, 0.15) is 24.8 Å². The zero-order valence-corrected chi connectivity index (χ0v) is 15.4. The van der Waals surface area contributed by atoms with E-state index in [0.29, 0.717) is 0 Å². The molecule has 1 spiro atoms. The highest BCUT2D eigenvalue weighted by atomic mass is 32.2. The van der Waals surface area contributed by atoms with Crippen molar-refractivity contribution in [3.8, 4) is 0 Å². The summed E-state index contributed by atoms with van der Waals surface area (Å²) in [6.07, 6.45) is 3.33. The van der Waals surface area contributed by atoms with Crippen molar-refractivity contribution in [1.82, 2.24) is 5.32 Å². The van der Waals surface area contributed by atoms with Gasteiger partial charge in [-0.15, -0.1) is 0 Å². The molecule has 25 heavy (non-hydrogen) atoms. The summed E-state index contributed by atoms with van der Waals surface area (Å²) >= 11 is 1.75. The maximum Gasteiger partial charge on any atom is 0.228 e. The van der Waals surface area contributed by atoms with E-state index >= 15 is 0 Å². The number of piperidine rings is 1. The normalized spacial score (nSPS) is 21.1. The Balaban J connectivity index is 1.40. The number of aryl methyl sites for hydroxylation is 1. The first kappa shape index (κ1) is 16.7. The molecule has 1 saturated heterocycles. The Bertz CT molecular complexity index is 769. The Labute approximate surface area is 153 Å². The van der Waals surface area contributed by atoms with E-state index < -0.39 is 0 Å². The van der Waals surface area contributed by atoms with Gasteiger partial charge < -0.3 is 10.6 Å². The van der Waals surface area contributed by atoms with E-state index in [4.69, 9.17) is 0 Å². The van der Waals surface area contributed by atoms with Gasteiger partial charge in [-0.05, 0) is 80.6 Å². The van der Waals surface area contributed by atoms with Crippen LogP contribution in [0.3, 0.4) is 0 Å². The summed E-state index contributed by atoms with van der Waals surface area (Å²) in [5, 5.41) is 6.56. The second-order valence-electron chi connectivity index (χ2n) is 7.25. The molecule has 4 heteroatoms. The predicted octanol–water partition coefficient (Wildman–Crippen LogP) is 4.47. The van der Waals surface area contributed by atoms with Crippen molar-refractivity contribution >= 4 is 23.4 Å². The fourth-order valence-corrected chi connectivity index (χ4v) is 4.82. The van der Waals surface area contributed by atoms with Crippen LogP contribution in [-0.2, 0) is 4.79 Å². The van der Waals surface area contributed by atoms with Gasteiger partial charge in [-0.2, -0.15) is 0 Å². The minimum atomic E-state index is 0.201. The van der Waals surface area contributed by atoms with Gasteiger partial charge in [-0.3, -0.25) is 4.79 Å². The van der Waals surface area contributed by atoms with Gasteiger partial charge in [-0.25, -0.2) is 0 Å².